The van der Waals surface area contributed by atoms with E-state index >= 15 is 0 Å². The van der Waals surface area contributed by atoms with Crippen LogP contribution < -0.4 is 5.32 Å². The molecule has 0 saturated carbocycles. The van der Waals surface area contributed by atoms with Gasteiger partial charge >= 0.3 is 12.0 Å². The van der Waals surface area contributed by atoms with E-state index < -0.39 is 38.8 Å². The third-order valence-electron chi connectivity index (χ3n) is 5.67. The van der Waals surface area contributed by atoms with Crippen LogP contribution in [0.25, 0.3) is 0 Å². The van der Waals surface area contributed by atoms with E-state index in [2.05, 4.69) is 39.2 Å². The van der Waals surface area contributed by atoms with Crippen LogP contribution in [-0.4, -0.2) is 62.7 Å². The number of esters is 1. The normalized spacial score (nSPS) is 29.7. The van der Waals surface area contributed by atoms with E-state index in [4.69, 9.17) is 13.9 Å². The quantitative estimate of drug-likeness (QED) is 0.562. The van der Waals surface area contributed by atoms with Crippen molar-refractivity contribution in [3.63, 3.8) is 0 Å². The Morgan fingerprint density at radius 3 is 2.52 bits per heavy atom. The summed E-state index contributed by atoms with van der Waals surface area (Å²) in [6.45, 7) is 14.4. The highest BCUT2D eigenvalue weighted by atomic mass is 28.4. The summed E-state index contributed by atoms with van der Waals surface area (Å²) in [4.78, 5) is 36.9. The molecule has 8 nitrogen and oxygen atoms in total. The molecule has 2 heterocycles. The van der Waals surface area contributed by atoms with Crippen LogP contribution in [0, 0.1) is 5.92 Å². The molecule has 0 aromatic rings. The van der Waals surface area contributed by atoms with Crippen LogP contribution in [0.15, 0.2) is 0 Å². The van der Waals surface area contributed by atoms with E-state index in [-0.39, 0.29) is 23.4 Å². The largest absolute Gasteiger partial charge is 0.460 e. The number of hydrogen-bond donors (Lipinski definition) is 1. The fourth-order valence-corrected chi connectivity index (χ4v) is 3.91. The number of rotatable bonds is 5. The fourth-order valence-electron chi connectivity index (χ4n) is 2.90. The number of hydrogen-bond acceptors (Lipinski definition) is 6. The highest BCUT2D eigenvalue weighted by Gasteiger charge is 2.46. The van der Waals surface area contributed by atoms with Crippen molar-refractivity contribution in [1.29, 1.82) is 0 Å². The summed E-state index contributed by atoms with van der Waals surface area (Å²) in [5.74, 6) is -1.00. The van der Waals surface area contributed by atoms with Crippen LogP contribution in [0.2, 0.25) is 18.1 Å². The molecular weight excluding hydrogens is 368 g/mol. The Morgan fingerprint density at radius 1 is 1.33 bits per heavy atom. The van der Waals surface area contributed by atoms with E-state index in [1.807, 2.05) is 0 Å². The number of carbonyl (C=O) groups excluding carboxylic acids is 3. The number of amides is 3. The molecule has 0 aliphatic carbocycles. The lowest BCUT2D eigenvalue weighted by molar-refractivity contribution is -0.150. The van der Waals surface area contributed by atoms with Crippen LogP contribution in [0.4, 0.5) is 4.79 Å². The van der Waals surface area contributed by atoms with Crippen molar-refractivity contribution in [3.05, 3.63) is 0 Å². The Balaban J connectivity index is 2.08. The second-order valence-electron chi connectivity index (χ2n) is 8.93. The highest BCUT2D eigenvalue weighted by molar-refractivity contribution is 6.74. The molecule has 0 aromatic heterocycles. The minimum Gasteiger partial charge on any atom is -0.460 e. The first kappa shape index (κ1) is 21.8. The van der Waals surface area contributed by atoms with E-state index in [9.17, 15) is 14.4 Å². The van der Waals surface area contributed by atoms with Crippen LogP contribution >= 0.6 is 0 Å². The molecule has 4 atom stereocenters. The minimum atomic E-state index is -2.00. The molecule has 1 N–H and O–H groups in total. The molecule has 0 bridgehead atoms. The number of urea groups is 1. The predicted molar refractivity (Wildman–Crippen MR) is 101 cm³/mol. The molecule has 2 aliphatic heterocycles. The zero-order chi connectivity index (χ0) is 20.6. The topological polar surface area (TPSA) is 94.2 Å². The van der Waals surface area contributed by atoms with E-state index in [0.717, 1.165) is 0 Å². The second kappa shape index (κ2) is 7.88. The first-order valence-electron chi connectivity index (χ1n) is 9.40. The second-order valence-corrected chi connectivity index (χ2v) is 13.7. The third-order valence-corrected chi connectivity index (χ3v) is 10.2. The van der Waals surface area contributed by atoms with Gasteiger partial charge in [0, 0.05) is 19.9 Å². The SMILES string of the molecule is CC(=O)O[C@H]1C[C@H](N2CC(C)C(=O)NC2=O)O[C@@H]1CO[Si](C)(C)C(C)(C)C. The fraction of sp³-hybridized carbons (Fsp3) is 0.833. The summed E-state index contributed by atoms with van der Waals surface area (Å²) in [5.41, 5.74) is 0. The molecule has 2 aliphatic rings. The Hall–Kier alpha value is -1.45. The van der Waals surface area contributed by atoms with Crippen molar-refractivity contribution in [1.82, 2.24) is 10.2 Å². The van der Waals surface area contributed by atoms with Gasteiger partial charge in [0.1, 0.15) is 18.4 Å². The number of carbonyl (C=O) groups is 3. The van der Waals surface area contributed by atoms with Gasteiger partial charge in [-0.15, -0.1) is 0 Å². The van der Waals surface area contributed by atoms with Gasteiger partial charge in [0.2, 0.25) is 5.91 Å². The zero-order valence-electron chi connectivity index (χ0n) is 17.3. The van der Waals surface area contributed by atoms with Crippen molar-refractivity contribution < 1.29 is 28.3 Å². The summed E-state index contributed by atoms with van der Waals surface area (Å²) in [6.07, 6.45) is -1.14. The van der Waals surface area contributed by atoms with Gasteiger partial charge in [-0.3, -0.25) is 19.8 Å². The molecule has 2 rings (SSSR count). The molecule has 0 radical (unpaired) electrons. The Labute approximate surface area is 162 Å². The van der Waals surface area contributed by atoms with Gasteiger partial charge in [-0.05, 0) is 18.1 Å². The maximum absolute atomic E-state index is 12.2. The first-order valence-corrected chi connectivity index (χ1v) is 12.3. The summed E-state index contributed by atoms with van der Waals surface area (Å²) < 4.78 is 17.7. The number of ether oxygens (including phenoxy) is 2. The molecular formula is C18H32N2O6Si. The maximum atomic E-state index is 12.2. The van der Waals surface area contributed by atoms with Gasteiger partial charge in [0.05, 0.1) is 12.5 Å². The molecule has 0 spiro atoms. The average Bonchev–Trinajstić information content (AvgIpc) is 2.89. The van der Waals surface area contributed by atoms with E-state index in [1.165, 1.54) is 11.8 Å². The molecule has 9 heteroatoms. The monoisotopic (exact) mass is 400 g/mol. The Kier molecular flexibility index (Phi) is 6.38. The van der Waals surface area contributed by atoms with Crippen molar-refractivity contribution >= 4 is 26.2 Å². The lowest BCUT2D eigenvalue weighted by Gasteiger charge is -2.37. The molecule has 27 heavy (non-hydrogen) atoms. The smallest absolute Gasteiger partial charge is 0.326 e. The van der Waals surface area contributed by atoms with Crippen LogP contribution in [-0.2, 0) is 23.5 Å². The summed E-state index contributed by atoms with van der Waals surface area (Å²) >= 11 is 0. The van der Waals surface area contributed by atoms with Crippen molar-refractivity contribution in [2.45, 2.75) is 77.6 Å². The van der Waals surface area contributed by atoms with Gasteiger partial charge in [0.15, 0.2) is 8.32 Å². The maximum Gasteiger partial charge on any atom is 0.326 e. The lowest BCUT2D eigenvalue weighted by atomic mass is 10.1. The van der Waals surface area contributed by atoms with Gasteiger partial charge in [-0.25, -0.2) is 4.79 Å². The molecule has 154 valence electrons. The Bertz CT molecular complexity index is 603. The zero-order valence-corrected chi connectivity index (χ0v) is 18.3. The Morgan fingerprint density at radius 2 is 1.96 bits per heavy atom. The molecule has 2 saturated heterocycles. The van der Waals surface area contributed by atoms with Gasteiger partial charge in [0.25, 0.3) is 0 Å². The van der Waals surface area contributed by atoms with Gasteiger partial charge in [-0.2, -0.15) is 0 Å². The van der Waals surface area contributed by atoms with Crippen molar-refractivity contribution in [2.24, 2.45) is 5.92 Å². The minimum absolute atomic E-state index is 0.0461. The average molecular weight is 401 g/mol. The molecule has 3 amide bonds. The van der Waals surface area contributed by atoms with Gasteiger partial charge < -0.3 is 13.9 Å². The number of nitrogens with one attached hydrogen (secondary N) is 1. The molecule has 2 fully saturated rings. The molecule has 1 unspecified atom stereocenters. The summed E-state index contributed by atoms with van der Waals surface area (Å²) in [5, 5.41) is 2.38. The van der Waals surface area contributed by atoms with Crippen molar-refractivity contribution in [2.75, 3.05) is 13.2 Å². The summed E-state index contributed by atoms with van der Waals surface area (Å²) in [6, 6.07) is -0.476. The number of imide groups is 1. The standard InChI is InChI=1S/C18H32N2O6Si/c1-11-9-20(17(23)19-16(11)22)15-8-13(25-12(2)21)14(26-15)10-24-27(6,7)18(3,4)5/h11,13-15H,8-10H2,1-7H3,(H,19,22,23)/t11?,13-,14+,15+/m0/s1. The summed E-state index contributed by atoms with van der Waals surface area (Å²) in [7, 11) is -2.00. The van der Waals surface area contributed by atoms with E-state index in [1.54, 1.807) is 6.92 Å². The van der Waals surface area contributed by atoms with Crippen molar-refractivity contribution in [3.8, 4) is 0 Å². The number of nitrogens with zero attached hydrogens (tertiary/aromatic N) is 1. The van der Waals surface area contributed by atoms with Crippen LogP contribution in [0.3, 0.4) is 0 Å². The molecule has 0 aromatic carbocycles. The van der Waals surface area contributed by atoms with Crippen LogP contribution in [0.1, 0.15) is 41.0 Å². The predicted octanol–water partition coefficient (Wildman–Crippen LogP) is 2.24. The first-order chi connectivity index (χ1) is 12.3. The third kappa shape index (κ3) is 5.08. The van der Waals surface area contributed by atoms with E-state index in [0.29, 0.717) is 13.0 Å². The highest BCUT2D eigenvalue weighted by Crippen LogP contribution is 2.37. The lowest BCUT2D eigenvalue weighted by Crippen LogP contribution is -2.57. The van der Waals surface area contributed by atoms with Gasteiger partial charge in [-0.1, -0.05) is 27.7 Å². The van der Waals surface area contributed by atoms with Crippen LogP contribution in [0.5, 0.6) is 0 Å².